The fourth-order valence-electron chi connectivity index (χ4n) is 2.90. The van der Waals surface area contributed by atoms with Crippen molar-refractivity contribution in [2.75, 3.05) is 32.8 Å². The van der Waals surface area contributed by atoms with Crippen LogP contribution in [-0.2, 0) is 0 Å². The number of nitrogens with one attached hydrogen (secondary N) is 1. The number of para-hydroxylation sites is 1. The minimum absolute atomic E-state index is 0.167. The highest BCUT2D eigenvalue weighted by atomic mass is 16.5. The number of aliphatic hydroxyl groups is 1. The van der Waals surface area contributed by atoms with E-state index in [-0.39, 0.29) is 6.10 Å². The van der Waals surface area contributed by atoms with Crippen LogP contribution in [0, 0.1) is 0 Å². The summed E-state index contributed by atoms with van der Waals surface area (Å²) in [4.78, 5) is 6.90. The van der Waals surface area contributed by atoms with Crippen LogP contribution < -0.4 is 10.1 Å². The second-order valence-corrected chi connectivity index (χ2v) is 6.49. The molecule has 1 aromatic carbocycles. The molecule has 0 aliphatic carbocycles. The minimum atomic E-state index is -0.167. The van der Waals surface area contributed by atoms with Crippen molar-refractivity contribution < 1.29 is 9.84 Å². The van der Waals surface area contributed by atoms with E-state index in [0.717, 1.165) is 44.2 Å². The Morgan fingerprint density at radius 2 is 2.04 bits per heavy atom. The summed E-state index contributed by atoms with van der Waals surface area (Å²) in [6.45, 7) is 10.2. The van der Waals surface area contributed by atoms with E-state index in [0.29, 0.717) is 19.1 Å². The van der Waals surface area contributed by atoms with E-state index < -0.39 is 0 Å². The molecule has 1 saturated heterocycles. The van der Waals surface area contributed by atoms with Gasteiger partial charge < -0.3 is 20.1 Å². The highest BCUT2D eigenvalue weighted by Crippen LogP contribution is 2.25. The summed E-state index contributed by atoms with van der Waals surface area (Å²) in [7, 11) is 0. The van der Waals surface area contributed by atoms with Crippen LogP contribution in [0.4, 0.5) is 0 Å². The van der Waals surface area contributed by atoms with E-state index in [1.807, 2.05) is 18.2 Å². The van der Waals surface area contributed by atoms with Gasteiger partial charge in [-0.25, -0.2) is 4.99 Å². The van der Waals surface area contributed by atoms with Crippen molar-refractivity contribution in [3.63, 3.8) is 0 Å². The number of aliphatic hydroxyl groups excluding tert-OH is 1. The number of guanidine groups is 1. The molecular weight excluding hydrogens is 302 g/mol. The Morgan fingerprint density at radius 3 is 2.71 bits per heavy atom. The summed E-state index contributed by atoms with van der Waals surface area (Å²) in [6.07, 6.45) is 1.45. The molecule has 0 saturated carbocycles. The van der Waals surface area contributed by atoms with E-state index in [9.17, 15) is 5.11 Å². The molecule has 0 radical (unpaired) electrons. The molecule has 1 aromatic rings. The first-order valence-corrected chi connectivity index (χ1v) is 9.04. The van der Waals surface area contributed by atoms with Gasteiger partial charge in [-0.3, -0.25) is 0 Å². The van der Waals surface area contributed by atoms with Crippen LogP contribution >= 0.6 is 0 Å². The quantitative estimate of drug-likeness (QED) is 0.477. The molecule has 0 unspecified atom stereocenters. The zero-order chi connectivity index (χ0) is 17.4. The SMILES string of the molecule is CCNC(=NCCOc1ccccc1C(C)C)N1CCC(O)CC1. The zero-order valence-electron chi connectivity index (χ0n) is 15.2. The minimum Gasteiger partial charge on any atom is -0.491 e. The Bertz CT molecular complexity index is 523. The maximum Gasteiger partial charge on any atom is 0.194 e. The van der Waals surface area contributed by atoms with E-state index in [1.54, 1.807) is 0 Å². The molecule has 0 aromatic heterocycles. The smallest absolute Gasteiger partial charge is 0.194 e. The number of nitrogens with zero attached hydrogens (tertiary/aromatic N) is 2. The van der Waals surface area contributed by atoms with Crippen molar-refractivity contribution in [1.82, 2.24) is 10.2 Å². The Morgan fingerprint density at radius 1 is 1.33 bits per heavy atom. The van der Waals surface area contributed by atoms with Crippen LogP contribution in [0.15, 0.2) is 29.3 Å². The molecule has 2 N–H and O–H groups in total. The van der Waals surface area contributed by atoms with Crippen LogP contribution in [0.1, 0.15) is 45.1 Å². The molecule has 1 aliphatic heterocycles. The number of hydrogen-bond acceptors (Lipinski definition) is 3. The molecule has 5 nitrogen and oxygen atoms in total. The lowest BCUT2D eigenvalue weighted by atomic mass is 10.0. The van der Waals surface area contributed by atoms with Gasteiger partial charge in [-0.2, -0.15) is 0 Å². The molecule has 0 atom stereocenters. The summed E-state index contributed by atoms with van der Waals surface area (Å²) in [5, 5.41) is 13.0. The third kappa shape index (κ3) is 5.41. The summed E-state index contributed by atoms with van der Waals surface area (Å²) in [6, 6.07) is 8.20. The molecular formula is C19H31N3O2. The molecule has 0 bridgehead atoms. The van der Waals surface area contributed by atoms with Crippen LogP contribution in [-0.4, -0.2) is 54.9 Å². The highest BCUT2D eigenvalue weighted by Gasteiger charge is 2.19. The first-order valence-electron chi connectivity index (χ1n) is 9.04. The molecule has 1 aliphatic rings. The third-order valence-corrected chi connectivity index (χ3v) is 4.25. The van der Waals surface area contributed by atoms with Gasteiger partial charge >= 0.3 is 0 Å². The first kappa shape index (κ1) is 18.6. The van der Waals surface area contributed by atoms with Crippen LogP contribution in [0.3, 0.4) is 0 Å². The molecule has 0 spiro atoms. The average Bonchev–Trinajstić information content (AvgIpc) is 2.58. The maximum absolute atomic E-state index is 9.64. The molecule has 134 valence electrons. The van der Waals surface area contributed by atoms with E-state index in [4.69, 9.17) is 4.74 Å². The van der Waals surface area contributed by atoms with Crippen molar-refractivity contribution in [3.05, 3.63) is 29.8 Å². The normalized spacial score (nSPS) is 16.5. The topological polar surface area (TPSA) is 57.1 Å². The number of piperidine rings is 1. The van der Waals surface area contributed by atoms with E-state index in [2.05, 4.69) is 42.0 Å². The number of likely N-dealkylation sites (tertiary alicyclic amines) is 1. The van der Waals surface area contributed by atoms with Gasteiger partial charge in [0.15, 0.2) is 5.96 Å². The lowest BCUT2D eigenvalue weighted by molar-refractivity contribution is 0.108. The standard InChI is InChI=1S/C19H31N3O2/c1-4-20-19(22-12-9-16(23)10-13-22)21-11-14-24-18-8-6-5-7-17(18)15(2)3/h5-8,15-16,23H,4,9-14H2,1-3H3,(H,20,21). The first-order chi connectivity index (χ1) is 11.6. The molecule has 0 amide bonds. The third-order valence-electron chi connectivity index (χ3n) is 4.25. The van der Waals surface area contributed by atoms with Gasteiger partial charge in [-0.15, -0.1) is 0 Å². The monoisotopic (exact) mass is 333 g/mol. The fraction of sp³-hybridized carbons (Fsp3) is 0.632. The van der Waals surface area contributed by atoms with Gasteiger partial charge in [0.25, 0.3) is 0 Å². The fourth-order valence-corrected chi connectivity index (χ4v) is 2.90. The van der Waals surface area contributed by atoms with E-state index >= 15 is 0 Å². The predicted molar refractivity (Wildman–Crippen MR) is 98.8 cm³/mol. The van der Waals surface area contributed by atoms with Crippen molar-refractivity contribution in [2.24, 2.45) is 4.99 Å². The van der Waals surface area contributed by atoms with Crippen molar-refractivity contribution >= 4 is 5.96 Å². The van der Waals surface area contributed by atoms with Crippen molar-refractivity contribution in [1.29, 1.82) is 0 Å². The van der Waals surface area contributed by atoms with Gasteiger partial charge in [0.2, 0.25) is 0 Å². The second kappa shape index (κ2) is 9.52. The number of benzene rings is 1. The summed E-state index contributed by atoms with van der Waals surface area (Å²) >= 11 is 0. The average molecular weight is 333 g/mol. The highest BCUT2D eigenvalue weighted by molar-refractivity contribution is 5.80. The molecule has 1 heterocycles. The van der Waals surface area contributed by atoms with Crippen LogP contribution in [0.2, 0.25) is 0 Å². The van der Waals surface area contributed by atoms with Crippen LogP contribution in [0.25, 0.3) is 0 Å². The largest absolute Gasteiger partial charge is 0.491 e. The number of rotatable bonds is 6. The Kier molecular flexibility index (Phi) is 7.37. The van der Waals surface area contributed by atoms with E-state index in [1.165, 1.54) is 5.56 Å². The predicted octanol–water partition coefficient (Wildman–Crippen LogP) is 2.61. The Hall–Kier alpha value is -1.75. The van der Waals surface area contributed by atoms with Gasteiger partial charge in [0, 0.05) is 19.6 Å². The number of ether oxygens (including phenoxy) is 1. The Balaban J connectivity index is 1.88. The lowest BCUT2D eigenvalue weighted by Gasteiger charge is -2.32. The molecule has 2 rings (SSSR count). The van der Waals surface area contributed by atoms with Crippen LogP contribution in [0.5, 0.6) is 5.75 Å². The van der Waals surface area contributed by atoms with Crippen molar-refractivity contribution in [2.45, 2.75) is 45.6 Å². The van der Waals surface area contributed by atoms with Crippen molar-refractivity contribution in [3.8, 4) is 5.75 Å². The number of hydrogen-bond donors (Lipinski definition) is 2. The summed E-state index contributed by atoms with van der Waals surface area (Å²) < 4.78 is 5.94. The lowest BCUT2D eigenvalue weighted by Crippen LogP contribution is -2.46. The zero-order valence-corrected chi connectivity index (χ0v) is 15.2. The molecule has 1 fully saturated rings. The maximum atomic E-state index is 9.64. The van der Waals surface area contributed by atoms with Gasteiger partial charge in [-0.05, 0) is 37.3 Å². The Labute approximate surface area is 145 Å². The van der Waals surface area contributed by atoms with Gasteiger partial charge in [-0.1, -0.05) is 32.0 Å². The number of aliphatic imine (C=N–C) groups is 1. The molecule has 24 heavy (non-hydrogen) atoms. The second-order valence-electron chi connectivity index (χ2n) is 6.49. The summed E-state index contributed by atoms with van der Waals surface area (Å²) in [5.41, 5.74) is 1.23. The van der Waals surface area contributed by atoms with Gasteiger partial charge in [0.1, 0.15) is 12.4 Å². The molecule has 5 heteroatoms. The van der Waals surface area contributed by atoms with Gasteiger partial charge in [0.05, 0.1) is 12.6 Å². The summed E-state index contributed by atoms with van der Waals surface area (Å²) in [5.74, 6) is 2.32.